The van der Waals surface area contributed by atoms with Crippen molar-refractivity contribution in [1.29, 1.82) is 0 Å². The van der Waals surface area contributed by atoms with Gasteiger partial charge >= 0.3 is 6.09 Å². The summed E-state index contributed by atoms with van der Waals surface area (Å²) in [4.78, 5) is 16.3. The van der Waals surface area contributed by atoms with Crippen LogP contribution in [-0.2, 0) is 4.74 Å². The van der Waals surface area contributed by atoms with Crippen LogP contribution in [0.15, 0.2) is 0 Å². The highest BCUT2D eigenvalue weighted by Crippen LogP contribution is 2.23. The molecule has 1 atom stereocenters. The van der Waals surface area contributed by atoms with E-state index in [2.05, 4.69) is 17.1 Å². The van der Waals surface area contributed by atoms with Gasteiger partial charge in [-0.2, -0.15) is 0 Å². The third-order valence-corrected chi connectivity index (χ3v) is 5.09. The molecule has 0 saturated carbocycles. The molecular weight excluding hydrogens is 306 g/mol. The molecule has 0 radical (unpaired) electrons. The molecule has 0 spiro atoms. The van der Waals surface area contributed by atoms with E-state index in [1.54, 1.807) is 4.90 Å². The van der Waals surface area contributed by atoms with Crippen molar-refractivity contribution < 1.29 is 14.6 Å². The summed E-state index contributed by atoms with van der Waals surface area (Å²) in [7, 11) is 0. The molecule has 2 N–H and O–H groups in total. The first kappa shape index (κ1) is 19.5. The maximum absolute atomic E-state index is 12.1. The first-order valence-electron chi connectivity index (χ1n) is 9.37. The van der Waals surface area contributed by atoms with E-state index < -0.39 is 11.2 Å². The normalized spacial score (nSPS) is 25.0. The number of likely N-dealkylation sites (N-methyl/N-ethyl adjacent to an activating group) is 1. The van der Waals surface area contributed by atoms with E-state index >= 15 is 0 Å². The van der Waals surface area contributed by atoms with Gasteiger partial charge in [-0.3, -0.25) is 4.90 Å². The Morgan fingerprint density at radius 1 is 1.29 bits per heavy atom. The molecule has 2 saturated heterocycles. The van der Waals surface area contributed by atoms with E-state index in [0.717, 1.165) is 13.1 Å². The Kier molecular flexibility index (Phi) is 6.51. The first-order chi connectivity index (χ1) is 11.2. The van der Waals surface area contributed by atoms with Gasteiger partial charge in [-0.25, -0.2) is 4.79 Å². The average Bonchev–Trinajstić information content (AvgIpc) is 2.93. The van der Waals surface area contributed by atoms with Crippen LogP contribution in [0, 0.1) is 0 Å². The smallest absolute Gasteiger partial charge is 0.410 e. The fourth-order valence-corrected chi connectivity index (χ4v) is 3.62. The first-order valence-corrected chi connectivity index (χ1v) is 9.37. The highest BCUT2D eigenvalue weighted by molar-refractivity contribution is 5.68. The average molecular weight is 341 g/mol. The van der Waals surface area contributed by atoms with Crippen molar-refractivity contribution in [3.05, 3.63) is 0 Å². The van der Waals surface area contributed by atoms with E-state index in [4.69, 9.17) is 4.74 Å². The van der Waals surface area contributed by atoms with Crippen LogP contribution in [0.25, 0.3) is 0 Å². The van der Waals surface area contributed by atoms with Gasteiger partial charge < -0.3 is 20.1 Å². The van der Waals surface area contributed by atoms with Gasteiger partial charge in [-0.05, 0) is 59.5 Å². The maximum atomic E-state index is 12.1. The third kappa shape index (κ3) is 5.60. The van der Waals surface area contributed by atoms with Crippen molar-refractivity contribution >= 4 is 6.09 Å². The van der Waals surface area contributed by atoms with Gasteiger partial charge in [0.05, 0.1) is 5.60 Å². The monoisotopic (exact) mass is 341 g/mol. The minimum Gasteiger partial charge on any atom is -0.444 e. The molecule has 6 nitrogen and oxygen atoms in total. The van der Waals surface area contributed by atoms with Crippen LogP contribution in [0.3, 0.4) is 0 Å². The third-order valence-electron chi connectivity index (χ3n) is 5.09. The molecule has 6 heteroatoms. The Labute approximate surface area is 146 Å². The molecule has 1 unspecified atom stereocenters. The van der Waals surface area contributed by atoms with Gasteiger partial charge in [0.1, 0.15) is 5.60 Å². The highest BCUT2D eigenvalue weighted by Gasteiger charge is 2.35. The van der Waals surface area contributed by atoms with Crippen LogP contribution < -0.4 is 5.32 Å². The summed E-state index contributed by atoms with van der Waals surface area (Å²) in [6.45, 7) is 12.8. The van der Waals surface area contributed by atoms with Crippen LogP contribution in [0.4, 0.5) is 4.79 Å². The minimum absolute atomic E-state index is 0.276. The Balaban J connectivity index is 1.71. The van der Waals surface area contributed by atoms with Crippen LogP contribution in [0.5, 0.6) is 0 Å². The molecule has 24 heavy (non-hydrogen) atoms. The lowest BCUT2D eigenvalue weighted by atomic mass is 9.91. The summed E-state index contributed by atoms with van der Waals surface area (Å²) < 4.78 is 5.40. The number of rotatable bonds is 5. The number of amides is 1. The summed E-state index contributed by atoms with van der Waals surface area (Å²) in [5.41, 5.74) is -1.19. The number of ether oxygens (including phenoxy) is 1. The molecule has 140 valence electrons. The Hall–Kier alpha value is -0.850. The summed E-state index contributed by atoms with van der Waals surface area (Å²) in [6.07, 6.45) is 3.44. The van der Waals surface area contributed by atoms with Crippen LogP contribution in [0.1, 0.15) is 53.4 Å². The number of carbonyl (C=O) groups excluding carboxylic acids is 1. The van der Waals surface area contributed by atoms with E-state index in [-0.39, 0.29) is 6.09 Å². The van der Waals surface area contributed by atoms with Crippen molar-refractivity contribution in [2.24, 2.45) is 0 Å². The Morgan fingerprint density at radius 2 is 1.96 bits per heavy atom. The second-order valence-corrected chi connectivity index (χ2v) is 8.25. The summed E-state index contributed by atoms with van der Waals surface area (Å²) in [6, 6.07) is 0.598. The highest BCUT2D eigenvalue weighted by atomic mass is 16.6. The van der Waals surface area contributed by atoms with Gasteiger partial charge in [-0.1, -0.05) is 6.92 Å². The number of piperidine rings is 1. The molecule has 2 fully saturated rings. The molecule has 0 aliphatic carbocycles. The lowest BCUT2D eigenvalue weighted by Gasteiger charge is -2.39. The topological polar surface area (TPSA) is 65.0 Å². The zero-order valence-electron chi connectivity index (χ0n) is 15.8. The van der Waals surface area contributed by atoms with Gasteiger partial charge in [0.2, 0.25) is 0 Å². The van der Waals surface area contributed by atoms with Crippen molar-refractivity contribution in [1.82, 2.24) is 15.1 Å². The number of hydrogen-bond donors (Lipinski definition) is 2. The predicted octanol–water partition coefficient (Wildman–Crippen LogP) is 1.82. The molecular formula is C18H35N3O3. The molecule has 2 aliphatic heterocycles. The lowest BCUT2D eigenvalue weighted by molar-refractivity contribution is -0.0313. The molecule has 0 aromatic heterocycles. The molecule has 0 bridgehead atoms. The molecule has 0 aromatic carbocycles. The minimum atomic E-state index is -0.714. The number of nitrogens with one attached hydrogen (secondary N) is 1. The number of nitrogens with zero attached hydrogens (tertiary/aromatic N) is 2. The fourth-order valence-electron chi connectivity index (χ4n) is 3.62. The summed E-state index contributed by atoms with van der Waals surface area (Å²) in [5, 5.41) is 14.2. The van der Waals surface area contributed by atoms with Crippen molar-refractivity contribution in [3.63, 3.8) is 0 Å². The lowest BCUT2D eigenvalue weighted by Crippen LogP contribution is -2.53. The second kappa shape index (κ2) is 8.02. The van der Waals surface area contributed by atoms with E-state index in [1.807, 2.05) is 20.8 Å². The summed E-state index contributed by atoms with van der Waals surface area (Å²) in [5.74, 6) is 0. The maximum Gasteiger partial charge on any atom is 0.410 e. The Morgan fingerprint density at radius 3 is 2.54 bits per heavy atom. The Bertz CT molecular complexity index is 414. The summed E-state index contributed by atoms with van der Waals surface area (Å²) >= 11 is 0. The largest absolute Gasteiger partial charge is 0.444 e. The SMILES string of the molecule is CCN1CCCC1CNCC1(O)CCN(C(=O)OC(C)(C)C)CC1. The van der Waals surface area contributed by atoms with Crippen LogP contribution in [-0.4, -0.2) is 77.5 Å². The zero-order valence-corrected chi connectivity index (χ0v) is 15.8. The number of likely N-dealkylation sites (tertiary alicyclic amines) is 2. The van der Waals surface area contributed by atoms with E-state index in [1.165, 1.54) is 19.4 Å². The molecule has 2 aliphatic rings. The number of aliphatic hydroxyl groups is 1. The van der Waals surface area contributed by atoms with Gasteiger partial charge in [0, 0.05) is 32.2 Å². The fraction of sp³-hybridized carbons (Fsp3) is 0.944. The zero-order chi connectivity index (χ0) is 17.8. The molecule has 2 heterocycles. The second-order valence-electron chi connectivity index (χ2n) is 8.25. The van der Waals surface area contributed by atoms with Crippen molar-refractivity contribution in [3.8, 4) is 0 Å². The quantitative estimate of drug-likeness (QED) is 0.799. The van der Waals surface area contributed by atoms with Gasteiger partial charge in [-0.15, -0.1) is 0 Å². The van der Waals surface area contributed by atoms with Crippen LogP contribution >= 0.6 is 0 Å². The van der Waals surface area contributed by atoms with E-state index in [0.29, 0.717) is 38.5 Å². The molecule has 0 aromatic rings. The van der Waals surface area contributed by atoms with Gasteiger partial charge in [0.25, 0.3) is 0 Å². The molecule has 2 rings (SSSR count). The van der Waals surface area contributed by atoms with Crippen molar-refractivity contribution in [2.75, 3.05) is 39.3 Å². The predicted molar refractivity (Wildman–Crippen MR) is 95.1 cm³/mol. The molecule has 1 amide bonds. The number of hydrogen-bond acceptors (Lipinski definition) is 5. The van der Waals surface area contributed by atoms with Crippen LogP contribution in [0.2, 0.25) is 0 Å². The van der Waals surface area contributed by atoms with E-state index in [9.17, 15) is 9.90 Å². The number of carbonyl (C=O) groups is 1. The standard InChI is InChI=1S/C18H35N3O3/c1-5-20-10-6-7-15(20)13-19-14-18(23)8-11-21(12-9-18)16(22)24-17(2,3)4/h15,19,23H,5-14H2,1-4H3. The van der Waals surface area contributed by atoms with Crippen molar-refractivity contribution in [2.45, 2.75) is 70.6 Å². The van der Waals surface area contributed by atoms with Gasteiger partial charge in [0.15, 0.2) is 0 Å².